The van der Waals surface area contributed by atoms with Crippen molar-refractivity contribution >= 4 is 0 Å². The van der Waals surface area contributed by atoms with E-state index in [-0.39, 0.29) is 132 Å². The molecule has 16 valence electrons. The van der Waals surface area contributed by atoms with Crippen molar-refractivity contribution in [2.75, 3.05) is 0 Å². The Bertz CT molecular complexity index is 6.00. The Morgan fingerprint density at radius 2 is 0.750 bits per heavy atom. The van der Waals surface area contributed by atoms with Crippen LogP contribution in [0.4, 0.5) is 0 Å². The summed E-state index contributed by atoms with van der Waals surface area (Å²) in [6.07, 6.45) is 0. The molecule has 4 heteroatoms. The zero-order valence-electron chi connectivity index (χ0n) is 2.76. The van der Waals surface area contributed by atoms with Crippen molar-refractivity contribution in [3.8, 4) is 0 Å². The Labute approximate surface area is 128 Å². The van der Waals surface area contributed by atoms with Crippen LogP contribution < -0.4 is 132 Å². The van der Waals surface area contributed by atoms with Gasteiger partial charge in [0.25, 0.3) is 0 Å². The van der Waals surface area contributed by atoms with Crippen molar-refractivity contribution in [3.05, 3.63) is 0 Å². The molecule has 0 saturated carbocycles. The van der Waals surface area contributed by atoms with Crippen LogP contribution in [0, 0.1) is 0 Å². The first-order valence-corrected chi connectivity index (χ1v) is 0. The summed E-state index contributed by atoms with van der Waals surface area (Å²) in [7, 11) is 0. The predicted molar refractivity (Wildman–Crippen MR) is 0 cm³/mol. The Balaban J connectivity index is 0. The van der Waals surface area contributed by atoms with Crippen LogP contribution >= 0.6 is 0 Å². The Morgan fingerprint density at radius 1 is 0.750 bits per heavy atom. The second-order valence-electron chi connectivity index (χ2n) is 0. The van der Waals surface area contributed by atoms with E-state index in [1.54, 1.807) is 0 Å². The zero-order chi connectivity index (χ0) is 0. The van der Waals surface area contributed by atoms with E-state index in [0.29, 0.717) is 0 Å². The minimum Gasteiger partial charge on any atom is -1.00 e. The summed E-state index contributed by atoms with van der Waals surface area (Å²) in [5, 5.41) is 0. The third-order valence-corrected chi connectivity index (χ3v) is 0. The minimum atomic E-state index is 0. The van der Waals surface area contributed by atoms with Gasteiger partial charge in [-0.2, -0.15) is 0 Å². The first-order chi connectivity index (χ1) is 0. The third kappa shape index (κ3) is 9.40. The first kappa shape index (κ1) is 24.4. The molecule has 0 atom stereocenters. The molecule has 0 aliphatic rings. The molecule has 0 rings (SSSR count). The monoisotopic (exact) mass is 192 g/mol. The van der Waals surface area contributed by atoms with Crippen molar-refractivity contribution in [1.29, 1.82) is 0 Å². The van der Waals surface area contributed by atoms with E-state index in [9.17, 15) is 0 Å². The smallest absolute Gasteiger partial charge is 1.00 e. The molecule has 0 bridgehead atoms. The Hall–Kier alpha value is 4.04. The Kier molecular flexibility index (Phi) is 96.0. The molecule has 0 aliphatic heterocycles. The molecule has 4 heavy (non-hydrogen) atoms. The molecule has 0 heterocycles. The van der Waals surface area contributed by atoms with Crippen LogP contribution in [0.1, 0.15) is 0 Å². The summed E-state index contributed by atoms with van der Waals surface area (Å²) >= 11 is 0. The van der Waals surface area contributed by atoms with Gasteiger partial charge >= 0.3 is 103 Å². The van der Waals surface area contributed by atoms with Crippen LogP contribution in [0.3, 0.4) is 0 Å². The fourth-order valence-electron chi connectivity index (χ4n) is 0. The van der Waals surface area contributed by atoms with Gasteiger partial charge in [-0.1, -0.05) is 0 Å². The summed E-state index contributed by atoms with van der Waals surface area (Å²) in [5.41, 5.74) is 0. The first-order valence-electron chi connectivity index (χ1n) is 0. The van der Waals surface area contributed by atoms with Crippen molar-refractivity contribution < 1.29 is 132 Å². The van der Waals surface area contributed by atoms with Crippen LogP contribution in [0.15, 0.2) is 0 Å². The largest absolute Gasteiger partial charge is 1.00 e. The molecule has 0 N–H and O–H groups in total. The molecule has 0 amide bonds. The average Bonchev–Trinajstić information content (AvgIpc) is 0. The second-order valence-corrected chi connectivity index (χ2v) is 0. The van der Waals surface area contributed by atoms with Crippen molar-refractivity contribution in [2.24, 2.45) is 0 Å². The summed E-state index contributed by atoms with van der Waals surface area (Å²) in [4.78, 5) is 0. The SMILES string of the molecule is [Br-].[Cl-].[K+].[K+]. The molecule has 0 aliphatic carbocycles. The van der Waals surface area contributed by atoms with E-state index < -0.39 is 0 Å². The summed E-state index contributed by atoms with van der Waals surface area (Å²) in [5.74, 6) is 0. The van der Waals surface area contributed by atoms with Crippen LogP contribution in [0.2, 0.25) is 0 Å². The Morgan fingerprint density at radius 3 is 0.750 bits per heavy atom. The van der Waals surface area contributed by atoms with Gasteiger partial charge in [-0.3, -0.25) is 0 Å². The molecule has 0 fully saturated rings. The zero-order valence-corrected chi connectivity index (χ0v) is 11.3. The molecule has 0 unspecified atom stereocenters. The van der Waals surface area contributed by atoms with E-state index in [1.807, 2.05) is 0 Å². The molecule has 0 aromatic heterocycles. The maximum Gasteiger partial charge on any atom is 1.00 e. The van der Waals surface area contributed by atoms with E-state index in [4.69, 9.17) is 0 Å². The van der Waals surface area contributed by atoms with Crippen molar-refractivity contribution in [1.82, 2.24) is 0 Å². The fourth-order valence-corrected chi connectivity index (χ4v) is 0. The van der Waals surface area contributed by atoms with Crippen molar-refractivity contribution in [3.63, 3.8) is 0 Å². The van der Waals surface area contributed by atoms with Crippen LogP contribution in [-0.2, 0) is 0 Å². The van der Waals surface area contributed by atoms with Gasteiger partial charge in [-0.25, -0.2) is 0 Å². The van der Waals surface area contributed by atoms with Crippen LogP contribution in [-0.4, -0.2) is 0 Å². The topological polar surface area (TPSA) is 0 Å². The molecule has 0 aromatic carbocycles. The quantitative estimate of drug-likeness (QED) is 0.335. The van der Waals surface area contributed by atoms with Gasteiger partial charge in [0.15, 0.2) is 0 Å². The molecule has 0 nitrogen and oxygen atoms in total. The van der Waals surface area contributed by atoms with Crippen LogP contribution in [0.5, 0.6) is 0 Å². The number of rotatable bonds is 0. The van der Waals surface area contributed by atoms with Gasteiger partial charge < -0.3 is 29.4 Å². The van der Waals surface area contributed by atoms with Gasteiger partial charge in [-0.05, 0) is 0 Å². The van der Waals surface area contributed by atoms with Gasteiger partial charge in [-0.15, -0.1) is 0 Å². The van der Waals surface area contributed by atoms with E-state index in [2.05, 4.69) is 0 Å². The number of hydrogen-bond donors (Lipinski definition) is 0. The average molecular weight is 194 g/mol. The molecular formula is BrClK2. The standard InChI is InChI=1S/BrH.ClH.2K/h2*1H;;/q;;2*+1/p-2. The maximum atomic E-state index is 0. The van der Waals surface area contributed by atoms with E-state index in [0.717, 1.165) is 0 Å². The number of halogens is 2. The molecular weight excluding hydrogens is 194 g/mol. The summed E-state index contributed by atoms with van der Waals surface area (Å²) in [6, 6.07) is 0. The predicted octanol–water partition coefficient (Wildman–Crippen LogP) is -12.0. The maximum absolute atomic E-state index is 0. The van der Waals surface area contributed by atoms with Gasteiger partial charge in [0.2, 0.25) is 0 Å². The van der Waals surface area contributed by atoms with Crippen molar-refractivity contribution in [2.45, 2.75) is 0 Å². The van der Waals surface area contributed by atoms with E-state index in [1.165, 1.54) is 0 Å². The number of hydrogen-bond acceptors (Lipinski definition) is 0. The second kappa shape index (κ2) is 15.7. The van der Waals surface area contributed by atoms with Gasteiger partial charge in [0.1, 0.15) is 0 Å². The third-order valence-electron chi connectivity index (χ3n) is 0. The fraction of sp³-hybridized carbons (Fsp3) is 0. The molecule has 0 spiro atoms. The summed E-state index contributed by atoms with van der Waals surface area (Å²) in [6.45, 7) is 0. The summed E-state index contributed by atoms with van der Waals surface area (Å²) < 4.78 is 0. The minimum absolute atomic E-state index is 0. The normalized spacial score (nSPS) is 0. The van der Waals surface area contributed by atoms with Crippen LogP contribution in [0.25, 0.3) is 0 Å². The molecule has 0 radical (unpaired) electrons. The van der Waals surface area contributed by atoms with Gasteiger partial charge in [0, 0.05) is 0 Å². The van der Waals surface area contributed by atoms with Gasteiger partial charge in [0.05, 0.1) is 0 Å². The molecule has 0 saturated heterocycles. The van der Waals surface area contributed by atoms with E-state index >= 15 is 0 Å². The molecule has 0 aromatic rings.